The molecule has 0 amide bonds. The first-order chi connectivity index (χ1) is 12.1. The molecule has 1 heterocycles. The van der Waals surface area contributed by atoms with Gasteiger partial charge in [-0.3, -0.25) is 5.43 Å². The Hall–Kier alpha value is -2.08. The molecule has 0 aliphatic carbocycles. The van der Waals surface area contributed by atoms with Gasteiger partial charge in [0.1, 0.15) is 12.4 Å². The van der Waals surface area contributed by atoms with E-state index in [1.54, 1.807) is 12.1 Å². The molecule has 3 rings (SSSR count). The Bertz CT molecular complexity index is 881. The van der Waals surface area contributed by atoms with Gasteiger partial charge >= 0.3 is 0 Å². The van der Waals surface area contributed by atoms with E-state index in [1.165, 1.54) is 11.3 Å². The van der Waals surface area contributed by atoms with E-state index in [0.717, 1.165) is 22.7 Å². The second kappa shape index (κ2) is 8.34. The lowest BCUT2D eigenvalue weighted by molar-refractivity contribution is 0.376. The maximum atomic E-state index is 6.05. The summed E-state index contributed by atoms with van der Waals surface area (Å²) in [5.74, 6) is 0.813. The predicted octanol–water partition coefficient (Wildman–Crippen LogP) is 5.98. The Kier molecular flexibility index (Phi) is 5.91. The van der Waals surface area contributed by atoms with Gasteiger partial charge in [-0.15, -0.1) is 11.3 Å². The number of nitrogens with one attached hydrogen (secondary N) is 1. The molecule has 0 bridgehead atoms. The number of nitrogens with zero attached hydrogens (tertiary/aromatic N) is 2. The van der Waals surface area contributed by atoms with Gasteiger partial charge in [0, 0.05) is 10.9 Å². The van der Waals surface area contributed by atoms with Crippen LogP contribution < -0.4 is 10.2 Å². The van der Waals surface area contributed by atoms with Gasteiger partial charge in [0.05, 0.1) is 21.5 Å². The molecule has 0 saturated heterocycles. The molecule has 1 aromatic heterocycles. The summed E-state index contributed by atoms with van der Waals surface area (Å²) in [5, 5.41) is 7.96. The molecular formula is C18H15Cl2N3OS. The number of thiazole rings is 1. The standard InChI is InChI=1S/C18H15Cl2N3OS/c1-12(10-24-14-5-3-2-4-6-14)22-23-18-21-17(11-25-18)13-7-8-15(19)16(20)9-13/h2-9,11H,10H2,1H3,(H,21,23)/b22-12+. The second-order valence-electron chi connectivity index (χ2n) is 5.23. The van der Waals surface area contributed by atoms with Gasteiger partial charge in [-0.05, 0) is 31.2 Å². The number of hydrogen-bond acceptors (Lipinski definition) is 5. The van der Waals surface area contributed by atoms with Crippen molar-refractivity contribution in [2.45, 2.75) is 6.92 Å². The smallest absolute Gasteiger partial charge is 0.203 e. The van der Waals surface area contributed by atoms with Crippen LogP contribution in [0.4, 0.5) is 5.13 Å². The van der Waals surface area contributed by atoms with Crippen molar-refractivity contribution in [3.63, 3.8) is 0 Å². The Morgan fingerprint density at radius 2 is 1.96 bits per heavy atom. The molecule has 2 aromatic carbocycles. The number of anilines is 1. The average molecular weight is 392 g/mol. The van der Waals surface area contributed by atoms with E-state index < -0.39 is 0 Å². The zero-order chi connectivity index (χ0) is 17.6. The van der Waals surface area contributed by atoms with Crippen molar-refractivity contribution in [2.24, 2.45) is 5.10 Å². The Morgan fingerprint density at radius 1 is 1.16 bits per heavy atom. The number of hydrogen-bond donors (Lipinski definition) is 1. The number of benzene rings is 2. The number of halogens is 2. The highest BCUT2D eigenvalue weighted by Crippen LogP contribution is 2.30. The van der Waals surface area contributed by atoms with Crippen LogP contribution in [-0.2, 0) is 0 Å². The molecule has 0 spiro atoms. The van der Waals surface area contributed by atoms with Crippen molar-refractivity contribution in [3.05, 3.63) is 64.0 Å². The fourth-order valence-corrected chi connectivity index (χ4v) is 2.95. The normalized spacial score (nSPS) is 11.4. The Labute approximate surface area is 160 Å². The summed E-state index contributed by atoms with van der Waals surface area (Å²) in [5.41, 5.74) is 5.50. The lowest BCUT2D eigenvalue weighted by Crippen LogP contribution is -2.09. The van der Waals surface area contributed by atoms with E-state index in [1.807, 2.05) is 48.7 Å². The molecule has 0 saturated carbocycles. The molecule has 0 aliphatic heterocycles. The van der Waals surface area contributed by atoms with E-state index in [-0.39, 0.29) is 0 Å². The monoisotopic (exact) mass is 391 g/mol. The molecule has 0 radical (unpaired) electrons. The molecule has 0 atom stereocenters. The number of hydrazone groups is 1. The molecule has 128 valence electrons. The molecule has 0 unspecified atom stereocenters. The van der Waals surface area contributed by atoms with E-state index in [2.05, 4.69) is 15.5 Å². The minimum Gasteiger partial charge on any atom is -0.488 e. The van der Waals surface area contributed by atoms with Crippen molar-refractivity contribution in [1.82, 2.24) is 4.98 Å². The van der Waals surface area contributed by atoms with E-state index in [9.17, 15) is 0 Å². The molecule has 25 heavy (non-hydrogen) atoms. The minimum atomic E-state index is 0.405. The quantitative estimate of drug-likeness (QED) is 0.414. The van der Waals surface area contributed by atoms with Gasteiger partial charge < -0.3 is 4.74 Å². The first-order valence-electron chi connectivity index (χ1n) is 7.50. The Morgan fingerprint density at radius 3 is 2.72 bits per heavy atom. The van der Waals surface area contributed by atoms with E-state index in [0.29, 0.717) is 21.8 Å². The van der Waals surface area contributed by atoms with Crippen molar-refractivity contribution >= 4 is 45.4 Å². The largest absolute Gasteiger partial charge is 0.488 e. The third-order valence-corrected chi connectivity index (χ3v) is 4.74. The van der Waals surface area contributed by atoms with Crippen LogP contribution in [-0.4, -0.2) is 17.3 Å². The van der Waals surface area contributed by atoms with Crippen LogP contribution in [0.15, 0.2) is 59.0 Å². The van der Waals surface area contributed by atoms with Crippen molar-refractivity contribution in [3.8, 4) is 17.0 Å². The lowest BCUT2D eigenvalue weighted by Gasteiger charge is -2.05. The Balaban J connectivity index is 1.60. The summed E-state index contributed by atoms with van der Waals surface area (Å²) in [6, 6.07) is 15.1. The highest BCUT2D eigenvalue weighted by atomic mass is 35.5. The minimum absolute atomic E-state index is 0.405. The summed E-state index contributed by atoms with van der Waals surface area (Å²) >= 11 is 13.5. The number of ether oxygens (including phenoxy) is 1. The molecule has 3 aromatic rings. The summed E-state index contributed by atoms with van der Waals surface area (Å²) in [6.45, 7) is 2.30. The lowest BCUT2D eigenvalue weighted by atomic mass is 10.2. The van der Waals surface area contributed by atoms with Crippen molar-refractivity contribution in [1.29, 1.82) is 0 Å². The van der Waals surface area contributed by atoms with Gasteiger partial charge in [0.15, 0.2) is 0 Å². The first kappa shape index (κ1) is 17.7. The van der Waals surface area contributed by atoms with Crippen LogP contribution in [0, 0.1) is 0 Å². The van der Waals surface area contributed by atoms with E-state index in [4.69, 9.17) is 27.9 Å². The van der Waals surface area contributed by atoms with Gasteiger partial charge in [-0.1, -0.05) is 47.5 Å². The number of para-hydroxylation sites is 1. The van der Waals surface area contributed by atoms with Crippen LogP contribution in [0.1, 0.15) is 6.92 Å². The van der Waals surface area contributed by atoms with Gasteiger partial charge in [0.25, 0.3) is 0 Å². The number of rotatable bonds is 6. The summed E-state index contributed by atoms with van der Waals surface area (Å²) in [6.07, 6.45) is 0. The summed E-state index contributed by atoms with van der Waals surface area (Å²) in [7, 11) is 0. The second-order valence-corrected chi connectivity index (χ2v) is 6.90. The van der Waals surface area contributed by atoms with E-state index >= 15 is 0 Å². The highest BCUT2D eigenvalue weighted by Gasteiger charge is 2.06. The molecule has 0 fully saturated rings. The topological polar surface area (TPSA) is 46.5 Å². The van der Waals surface area contributed by atoms with Gasteiger partial charge in [0.2, 0.25) is 5.13 Å². The zero-order valence-electron chi connectivity index (χ0n) is 13.4. The maximum absolute atomic E-state index is 6.05. The third kappa shape index (κ3) is 4.95. The fourth-order valence-electron chi connectivity index (χ4n) is 1.99. The van der Waals surface area contributed by atoms with Crippen LogP contribution >= 0.6 is 34.5 Å². The van der Waals surface area contributed by atoms with Crippen LogP contribution in [0.3, 0.4) is 0 Å². The van der Waals surface area contributed by atoms with Crippen LogP contribution in [0.25, 0.3) is 11.3 Å². The average Bonchev–Trinajstić information content (AvgIpc) is 3.10. The third-order valence-electron chi connectivity index (χ3n) is 3.25. The van der Waals surface area contributed by atoms with Crippen LogP contribution in [0.5, 0.6) is 5.75 Å². The zero-order valence-corrected chi connectivity index (χ0v) is 15.7. The fraction of sp³-hybridized carbons (Fsp3) is 0.111. The van der Waals surface area contributed by atoms with Gasteiger partial charge in [-0.25, -0.2) is 4.98 Å². The summed E-state index contributed by atoms with van der Waals surface area (Å²) < 4.78 is 5.64. The first-order valence-corrected chi connectivity index (χ1v) is 9.13. The molecule has 7 heteroatoms. The molecular weight excluding hydrogens is 377 g/mol. The number of aromatic nitrogens is 1. The van der Waals surface area contributed by atoms with Crippen LogP contribution in [0.2, 0.25) is 10.0 Å². The molecule has 4 nitrogen and oxygen atoms in total. The maximum Gasteiger partial charge on any atom is 0.203 e. The van der Waals surface area contributed by atoms with Gasteiger partial charge in [-0.2, -0.15) is 5.10 Å². The van der Waals surface area contributed by atoms with Crippen molar-refractivity contribution in [2.75, 3.05) is 12.0 Å². The predicted molar refractivity (Wildman–Crippen MR) is 106 cm³/mol. The highest BCUT2D eigenvalue weighted by molar-refractivity contribution is 7.14. The molecule has 0 aliphatic rings. The van der Waals surface area contributed by atoms with Crippen molar-refractivity contribution < 1.29 is 4.74 Å². The summed E-state index contributed by atoms with van der Waals surface area (Å²) in [4.78, 5) is 4.50. The SMILES string of the molecule is C/C(COc1ccccc1)=N\Nc1nc(-c2ccc(Cl)c(Cl)c2)cs1. The molecule has 1 N–H and O–H groups in total.